The summed E-state index contributed by atoms with van der Waals surface area (Å²) < 4.78 is 5.25. The fraction of sp³-hybridized carbons (Fsp3) is 0.400. The largest absolute Gasteiger partial charge is 0.444 e. The van der Waals surface area contributed by atoms with Crippen LogP contribution in [0.15, 0.2) is 18.5 Å². The summed E-state index contributed by atoms with van der Waals surface area (Å²) >= 11 is 1.41. The van der Waals surface area contributed by atoms with Gasteiger partial charge >= 0.3 is 6.09 Å². The summed E-state index contributed by atoms with van der Waals surface area (Å²) in [5.41, 5.74) is 2.26. The molecule has 0 aliphatic rings. The number of aryl methyl sites for hydroxylation is 2. The van der Waals surface area contributed by atoms with E-state index in [0.29, 0.717) is 5.00 Å². The number of nitrogens with zero attached hydrogens (tertiary/aromatic N) is 2. The molecule has 21 heavy (non-hydrogen) atoms. The molecule has 0 spiro atoms. The number of carbonyl (C=O) groups excluding carboxylic acids is 1. The molecule has 1 N–H and O–H groups in total. The number of amides is 1. The molecule has 0 aliphatic heterocycles. The molecule has 0 fully saturated rings. The average molecular weight is 305 g/mol. The summed E-state index contributed by atoms with van der Waals surface area (Å²) in [5, 5.41) is 4.27. The lowest BCUT2D eigenvalue weighted by atomic mass is 10.2. The molecule has 0 radical (unpaired) electrons. The summed E-state index contributed by atoms with van der Waals surface area (Å²) in [7, 11) is 0. The first-order valence-corrected chi connectivity index (χ1v) is 7.46. The van der Waals surface area contributed by atoms with Crippen molar-refractivity contribution in [3.05, 3.63) is 29.7 Å². The van der Waals surface area contributed by atoms with Gasteiger partial charge in [0.15, 0.2) is 0 Å². The highest BCUT2D eigenvalue weighted by atomic mass is 32.1. The topological polar surface area (TPSA) is 64.1 Å². The summed E-state index contributed by atoms with van der Waals surface area (Å²) in [6, 6.07) is 2.02. The predicted octanol–water partition coefficient (Wildman–Crippen LogP) is 4.17. The first-order chi connectivity index (χ1) is 9.74. The number of hydrogen-bond acceptors (Lipinski definition) is 5. The van der Waals surface area contributed by atoms with E-state index in [1.165, 1.54) is 11.3 Å². The fourth-order valence-corrected chi connectivity index (χ4v) is 2.64. The SMILES string of the molecule is Cc1cncc(-c2nc(C)c(NC(=O)OC(C)(C)C)s2)c1. The van der Waals surface area contributed by atoms with Gasteiger partial charge in [-0.3, -0.25) is 10.3 Å². The van der Waals surface area contributed by atoms with Gasteiger partial charge < -0.3 is 4.74 Å². The number of hydrogen-bond donors (Lipinski definition) is 1. The summed E-state index contributed by atoms with van der Waals surface area (Å²) in [6.45, 7) is 9.33. The molecule has 0 aromatic carbocycles. The molecule has 2 heterocycles. The van der Waals surface area contributed by atoms with E-state index in [-0.39, 0.29) is 0 Å². The van der Waals surface area contributed by atoms with Crippen molar-refractivity contribution in [2.45, 2.75) is 40.2 Å². The van der Waals surface area contributed by atoms with Gasteiger partial charge in [0, 0.05) is 18.0 Å². The lowest BCUT2D eigenvalue weighted by Crippen LogP contribution is -2.27. The molecule has 2 aromatic rings. The lowest BCUT2D eigenvalue weighted by Gasteiger charge is -2.19. The van der Waals surface area contributed by atoms with Crippen molar-refractivity contribution in [3.8, 4) is 10.6 Å². The normalized spacial score (nSPS) is 11.3. The quantitative estimate of drug-likeness (QED) is 0.904. The van der Waals surface area contributed by atoms with E-state index in [0.717, 1.165) is 21.8 Å². The van der Waals surface area contributed by atoms with Gasteiger partial charge in [-0.05, 0) is 46.2 Å². The molecule has 112 valence electrons. The second-order valence-corrected chi connectivity index (χ2v) is 6.81. The van der Waals surface area contributed by atoms with Crippen LogP contribution in [0.4, 0.5) is 9.80 Å². The highest BCUT2D eigenvalue weighted by molar-refractivity contribution is 7.19. The van der Waals surface area contributed by atoms with Crippen molar-refractivity contribution in [1.29, 1.82) is 0 Å². The van der Waals surface area contributed by atoms with E-state index < -0.39 is 11.7 Å². The third-order valence-corrected chi connectivity index (χ3v) is 3.65. The maximum absolute atomic E-state index is 11.8. The number of rotatable bonds is 2. The van der Waals surface area contributed by atoms with Crippen molar-refractivity contribution in [2.24, 2.45) is 0 Å². The first kappa shape index (κ1) is 15.4. The van der Waals surface area contributed by atoms with Crippen molar-refractivity contribution >= 4 is 22.4 Å². The maximum atomic E-state index is 11.8. The minimum absolute atomic E-state index is 0.469. The molecule has 0 atom stereocenters. The van der Waals surface area contributed by atoms with E-state index in [9.17, 15) is 4.79 Å². The Morgan fingerprint density at radius 1 is 1.29 bits per heavy atom. The number of ether oxygens (including phenoxy) is 1. The van der Waals surface area contributed by atoms with Gasteiger partial charge in [0.25, 0.3) is 0 Å². The number of thiazole rings is 1. The van der Waals surface area contributed by atoms with Gasteiger partial charge in [-0.15, -0.1) is 0 Å². The van der Waals surface area contributed by atoms with Crippen LogP contribution < -0.4 is 5.32 Å². The number of carbonyl (C=O) groups is 1. The third kappa shape index (κ3) is 4.26. The van der Waals surface area contributed by atoms with Crippen LogP contribution in [0, 0.1) is 13.8 Å². The smallest absolute Gasteiger partial charge is 0.412 e. The van der Waals surface area contributed by atoms with E-state index >= 15 is 0 Å². The number of nitrogens with one attached hydrogen (secondary N) is 1. The Bertz CT molecular complexity index is 659. The Balaban J connectivity index is 2.18. The second-order valence-electron chi connectivity index (χ2n) is 5.81. The number of aromatic nitrogens is 2. The molecule has 0 saturated heterocycles. The van der Waals surface area contributed by atoms with Crippen LogP contribution in [0.2, 0.25) is 0 Å². The van der Waals surface area contributed by atoms with Gasteiger partial charge in [0.1, 0.15) is 15.6 Å². The minimum atomic E-state index is -0.522. The molecular formula is C15H19N3O2S. The molecule has 1 amide bonds. The molecule has 2 rings (SSSR count). The summed E-state index contributed by atoms with van der Waals surface area (Å²) in [6.07, 6.45) is 3.09. The van der Waals surface area contributed by atoms with Gasteiger partial charge in [0.05, 0.1) is 5.69 Å². The predicted molar refractivity (Wildman–Crippen MR) is 84.7 cm³/mol. The zero-order valence-electron chi connectivity index (χ0n) is 12.9. The van der Waals surface area contributed by atoms with Gasteiger partial charge in [-0.2, -0.15) is 0 Å². The van der Waals surface area contributed by atoms with Crippen LogP contribution in [-0.4, -0.2) is 21.7 Å². The zero-order chi connectivity index (χ0) is 15.6. The van der Waals surface area contributed by atoms with E-state index in [4.69, 9.17) is 4.74 Å². The molecule has 0 unspecified atom stereocenters. The summed E-state index contributed by atoms with van der Waals surface area (Å²) in [4.78, 5) is 20.5. The Morgan fingerprint density at radius 3 is 2.62 bits per heavy atom. The molecule has 0 saturated carbocycles. The monoisotopic (exact) mass is 305 g/mol. The Kier molecular flexibility index (Phi) is 4.27. The molecule has 0 aliphatic carbocycles. The zero-order valence-corrected chi connectivity index (χ0v) is 13.7. The van der Waals surface area contributed by atoms with Crippen molar-refractivity contribution < 1.29 is 9.53 Å². The van der Waals surface area contributed by atoms with Crippen LogP contribution in [0.25, 0.3) is 10.6 Å². The molecule has 0 bridgehead atoms. The van der Waals surface area contributed by atoms with Crippen LogP contribution in [0.5, 0.6) is 0 Å². The van der Waals surface area contributed by atoms with E-state index in [1.807, 2.05) is 40.7 Å². The fourth-order valence-electron chi connectivity index (χ4n) is 1.70. The standard InChI is InChI=1S/C15H19N3O2S/c1-9-6-11(8-16-7-9)13-17-10(2)12(21-13)18-14(19)20-15(3,4)5/h6-8H,1-5H3,(H,18,19). The maximum Gasteiger partial charge on any atom is 0.412 e. The van der Waals surface area contributed by atoms with E-state index in [1.54, 1.807) is 12.4 Å². The Labute approximate surface area is 128 Å². The van der Waals surface area contributed by atoms with Gasteiger partial charge in [0.2, 0.25) is 0 Å². The molecule has 5 nitrogen and oxygen atoms in total. The highest BCUT2D eigenvalue weighted by Gasteiger charge is 2.18. The van der Waals surface area contributed by atoms with Crippen molar-refractivity contribution in [2.75, 3.05) is 5.32 Å². The van der Waals surface area contributed by atoms with Gasteiger partial charge in [-0.25, -0.2) is 9.78 Å². The molecule has 6 heteroatoms. The number of anilines is 1. The lowest BCUT2D eigenvalue weighted by molar-refractivity contribution is 0.0636. The molecular weight excluding hydrogens is 286 g/mol. The van der Waals surface area contributed by atoms with Crippen LogP contribution in [0.1, 0.15) is 32.0 Å². The Morgan fingerprint density at radius 2 is 2.00 bits per heavy atom. The van der Waals surface area contributed by atoms with Gasteiger partial charge in [-0.1, -0.05) is 11.3 Å². The first-order valence-electron chi connectivity index (χ1n) is 6.64. The minimum Gasteiger partial charge on any atom is -0.444 e. The Hall–Kier alpha value is -1.95. The van der Waals surface area contributed by atoms with Crippen LogP contribution >= 0.6 is 11.3 Å². The third-order valence-electron chi connectivity index (χ3n) is 2.53. The van der Waals surface area contributed by atoms with Crippen molar-refractivity contribution in [3.63, 3.8) is 0 Å². The van der Waals surface area contributed by atoms with Crippen molar-refractivity contribution in [1.82, 2.24) is 9.97 Å². The number of pyridine rings is 1. The summed E-state index contributed by atoms with van der Waals surface area (Å²) in [5.74, 6) is 0. The molecule has 2 aromatic heterocycles. The van der Waals surface area contributed by atoms with Crippen LogP contribution in [0.3, 0.4) is 0 Å². The second kappa shape index (κ2) is 5.81. The highest BCUT2D eigenvalue weighted by Crippen LogP contribution is 2.32. The average Bonchev–Trinajstić information content (AvgIpc) is 2.68. The van der Waals surface area contributed by atoms with Crippen LogP contribution in [-0.2, 0) is 4.74 Å². The van der Waals surface area contributed by atoms with E-state index in [2.05, 4.69) is 15.3 Å².